The van der Waals surface area contributed by atoms with E-state index in [1.54, 1.807) is 0 Å². The van der Waals surface area contributed by atoms with Gasteiger partial charge in [0, 0.05) is 0 Å². The fraction of sp³-hybridized carbons (Fsp3) is 0. The van der Waals surface area contributed by atoms with Crippen LogP contribution in [-0.2, 0) is 0 Å². The van der Waals surface area contributed by atoms with Gasteiger partial charge in [-0.2, -0.15) is 0 Å². The minimum Gasteiger partial charge on any atom is -0.0616 e. The lowest BCUT2D eigenvalue weighted by atomic mass is 9.85. The first-order chi connectivity index (χ1) is 29.7. The van der Waals surface area contributed by atoms with E-state index in [9.17, 15) is 0 Å². The molecule has 0 saturated heterocycles. The van der Waals surface area contributed by atoms with Crippen molar-refractivity contribution in [1.29, 1.82) is 0 Å². The first-order valence-corrected chi connectivity index (χ1v) is 20.8. The molecule has 0 heteroatoms. The Morgan fingerprint density at radius 3 is 1.18 bits per heavy atom. The first-order valence-electron chi connectivity index (χ1n) is 20.8. The molecule has 0 radical (unpaired) electrons. The summed E-state index contributed by atoms with van der Waals surface area (Å²) >= 11 is 0. The lowest BCUT2D eigenvalue weighted by Gasteiger charge is -2.18. The van der Waals surface area contributed by atoms with Crippen molar-refractivity contribution < 1.29 is 0 Å². The molecule has 60 heavy (non-hydrogen) atoms. The second-order valence-electron chi connectivity index (χ2n) is 16.1. The van der Waals surface area contributed by atoms with E-state index >= 15 is 0 Å². The van der Waals surface area contributed by atoms with Crippen molar-refractivity contribution in [2.24, 2.45) is 0 Å². The average molecular weight is 759 g/mol. The zero-order chi connectivity index (χ0) is 39.6. The molecule has 0 aliphatic heterocycles. The number of rotatable bonds is 5. The molecule has 0 amide bonds. The lowest BCUT2D eigenvalue weighted by molar-refractivity contribution is 1.61. The van der Waals surface area contributed by atoms with E-state index < -0.39 is 0 Å². The third-order valence-electron chi connectivity index (χ3n) is 12.5. The van der Waals surface area contributed by atoms with Gasteiger partial charge in [0.05, 0.1) is 0 Å². The number of benzene rings is 12. The molecule has 0 aromatic heterocycles. The van der Waals surface area contributed by atoms with Gasteiger partial charge in [0.25, 0.3) is 0 Å². The SMILES string of the molecule is c1cc(-c2ccc3ccccc3c2)cc(-c2ccc3c(-c4cc5ccccc5c5ccccc45)c4cc(-c5cccc(-c6ccc7ccccc7c6)c5)ccc4cc3c2)c1. The summed E-state index contributed by atoms with van der Waals surface area (Å²) in [5, 5.41) is 15.1. The first kappa shape index (κ1) is 34.3. The lowest BCUT2D eigenvalue weighted by Crippen LogP contribution is -1.91. The van der Waals surface area contributed by atoms with Gasteiger partial charge in [-0.15, -0.1) is 0 Å². The molecule has 0 fully saturated rings. The van der Waals surface area contributed by atoms with E-state index in [0.29, 0.717) is 0 Å². The van der Waals surface area contributed by atoms with Crippen LogP contribution in [0.1, 0.15) is 0 Å². The van der Waals surface area contributed by atoms with Crippen LogP contribution in [0.15, 0.2) is 231 Å². The Kier molecular flexibility index (Phi) is 7.96. The van der Waals surface area contributed by atoms with Crippen molar-refractivity contribution >= 4 is 64.6 Å². The topological polar surface area (TPSA) is 0 Å². The molecule has 0 nitrogen and oxygen atoms in total. The van der Waals surface area contributed by atoms with Gasteiger partial charge in [-0.1, -0.05) is 182 Å². The monoisotopic (exact) mass is 758 g/mol. The van der Waals surface area contributed by atoms with Crippen LogP contribution in [0.4, 0.5) is 0 Å². The highest BCUT2D eigenvalue weighted by molar-refractivity contribution is 6.22. The molecule has 0 atom stereocenters. The van der Waals surface area contributed by atoms with Crippen LogP contribution in [0.3, 0.4) is 0 Å². The molecule has 0 unspecified atom stereocenters. The number of hydrogen-bond donors (Lipinski definition) is 0. The van der Waals surface area contributed by atoms with Crippen molar-refractivity contribution in [1.82, 2.24) is 0 Å². The quantitative estimate of drug-likeness (QED) is 0.121. The molecule has 12 rings (SSSR count). The molecule has 0 spiro atoms. The normalized spacial score (nSPS) is 11.7. The summed E-state index contributed by atoms with van der Waals surface area (Å²) in [6, 6.07) is 85.4. The zero-order valence-electron chi connectivity index (χ0n) is 32.9. The van der Waals surface area contributed by atoms with Crippen molar-refractivity contribution in [3.63, 3.8) is 0 Å². The minimum atomic E-state index is 1.21. The molecule has 0 saturated carbocycles. The molecule has 0 aliphatic rings. The Bertz CT molecular complexity index is 3660. The summed E-state index contributed by atoms with van der Waals surface area (Å²) in [5.74, 6) is 0. The smallest absolute Gasteiger partial charge is 0.00201 e. The van der Waals surface area contributed by atoms with Gasteiger partial charge < -0.3 is 0 Å². The standard InChI is InChI=1S/C60H38/c1-3-13-41-31-47(25-23-39(41)11-1)43-16-9-18-45(33-43)49-29-30-55-53(35-49)36-52-28-27-50(46-19-10-17-44(34-46)48-26-24-40-12-2-4-14-42(40)32-48)37-58(52)60(55)59-38-51-15-5-6-20-54(51)56-21-7-8-22-57(56)59/h1-38H. The van der Waals surface area contributed by atoms with Crippen LogP contribution in [0.25, 0.3) is 120 Å². The van der Waals surface area contributed by atoms with Gasteiger partial charge in [-0.25, -0.2) is 0 Å². The summed E-state index contributed by atoms with van der Waals surface area (Å²) < 4.78 is 0. The molecular weight excluding hydrogens is 721 g/mol. The fourth-order valence-electron chi connectivity index (χ4n) is 9.53. The second kappa shape index (κ2) is 13.9. The van der Waals surface area contributed by atoms with Crippen molar-refractivity contribution in [2.45, 2.75) is 0 Å². The maximum Gasteiger partial charge on any atom is -0.00201 e. The number of fused-ring (bicyclic) bond motifs is 7. The second-order valence-corrected chi connectivity index (χ2v) is 16.1. The highest BCUT2D eigenvalue weighted by Gasteiger charge is 2.17. The predicted molar refractivity (Wildman–Crippen MR) is 259 cm³/mol. The van der Waals surface area contributed by atoms with Crippen LogP contribution >= 0.6 is 0 Å². The van der Waals surface area contributed by atoms with E-state index in [0.717, 1.165) is 0 Å². The summed E-state index contributed by atoms with van der Waals surface area (Å²) in [4.78, 5) is 0. The molecule has 0 bridgehead atoms. The van der Waals surface area contributed by atoms with Gasteiger partial charge in [0.1, 0.15) is 0 Å². The summed E-state index contributed by atoms with van der Waals surface area (Å²) in [5.41, 5.74) is 12.3. The molecule has 0 heterocycles. The molecular formula is C60H38. The largest absolute Gasteiger partial charge is 0.0616 e. The third kappa shape index (κ3) is 5.84. The van der Waals surface area contributed by atoms with Crippen LogP contribution in [0.5, 0.6) is 0 Å². The van der Waals surface area contributed by atoms with Crippen molar-refractivity contribution in [2.75, 3.05) is 0 Å². The highest BCUT2D eigenvalue weighted by atomic mass is 14.2. The van der Waals surface area contributed by atoms with Gasteiger partial charge in [-0.05, 0) is 169 Å². The Morgan fingerprint density at radius 1 is 0.167 bits per heavy atom. The van der Waals surface area contributed by atoms with Crippen molar-refractivity contribution in [3.05, 3.63) is 231 Å². The van der Waals surface area contributed by atoms with Gasteiger partial charge in [0.2, 0.25) is 0 Å². The van der Waals surface area contributed by atoms with Gasteiger partial charge in [-0.3, -0.25) is 0 Å². The van der Waals surface area contributed by atoms with Gasteiger partial charge >= 0.3 is 0 Å². The molecule has 12 aromatic carbocycles. The van der Waals surface area contributed by atoms with Gasteiger partial charge in [0.15, 0.2) is 0 Å². The minimum absolute atomic E-state index is 1.21. The van der Waals surface area contributed by atoms with Crippen LogP contribution in [-0.4, -0.2) is 0 Å². The Labute approximate surface area is 349 Å². The molecule has 278 valence electrons. The molecule has 12 aromatic rings. The fourth-order valence-corrected chi connectivity index (χ4v) is 9.53. The Hall–Kier alpha value is -7.80. The van der Waals surface area contributed by atoms with E-state index in [4.69, 9.17) is 0 Å². The average Bonchev–Trinajstić information content (AvgIpc) is 3.32. The maximum atomic E-state index is 2.43. The van der Waals surface area contributed by atoms with Crippen LogP contribution in [0, 0.1) is 0 Å². The third-order valence-corrected chi connectivity index (χ3v) is 12.5. The summed E-state index contributed by atoms with van der Waals surface area (Å²) in [7, 11) is 0. The van der Waals surface area contributed by atoms with Crippen molar-refractivity contribution in [3.8, 4) is 55.6 Å². The maximum absolute atomic E-state index is 2.43. The Balaban J connectivity index is 1.05. The molecule has 0 N–H and O–H groups in total. The molecule has 0 aliphatic carbocycles. The van der Waals surface area contributed by atoms with E-state index in [1.165, 1.54) is 120 Å². The van der Waals surface area contributed by atoms with Crippen LogP contribution < -0.4 is 0 Å². The van der Waals surface area contributed by atoms with E-state index in [-0.39, 0.29) is 0 Å². The Morgan fingerprint density at radius 2 is 0.583 bits per heavy atom. The van der Waals surface area contributed by atoms with E-state index in [1.807, 2.05) is 0 Å². The summed E-state index contributed by atoms with van der Waals surface area (Å²) in [6.07, 6.45) is 0. The zero-order valence-corrected chi connectivity index (χ0v) is 32.9. The van der Waals surface area contributed by atoms with E-state index in [2.05, 4.69) is 231 Å². The predicted octanol–water partition coefficient (Wildman–Crippen LogP) is 16.9. The number of hydrogen-bond acceptors (Lipinski definition) is 0. The highest BCUT2D eigenvalue weighted by Crippen LogP contribution is 2.44. The van der Waals surface area contributed by atoms with Crippen LogP contribution in [0.2, 0.25) is 0 Å². The summed E-state index contributed by atoms with van der Waals surface area (Å²) in [6.45, 7) is 0.